The number of rotatable bonds is 9. The van der Waals surface area contributed by atoms with Crippen LogP contribution in [0.4, 0.5) is 14.9 Å². The Balaban J connectivity index is 1.44. The van der Waals surface area contributed by atoms with Gasteiger partial charge in [-0.25, -0.2) is 9.18 Å². The van der Waals surface area contributed by atoms with Crippen LogP contribution in [0.1, 0.15) is 24.1 Å². The number of aromatic nitrogens is 1. The molecule has 1 fully saturated rings. The van der Waals surface area contributed by atoms with Crippen molar-refractivity contribution < 1.29 is 23.5 Å². The molecule has 0 saturated carbocycles. The molecule has 0 radical (unpaired) electrons. The molecule has 2 unspecified atom stereocenters. The van der Waals surface area contributed by atoms with Crippen LogP contribution < -0.4 is 21.7 Å². The van der Waals surface area contributed by atoms with Crippen LogP contribution in [0.15, 0.2) is 67.0 Å². The van der Waals surface area contributed by atoms with E-state index in [1.165, 1.54) is 17.9 Å². The molecule has 4 rings (SSSR count). The number of nitrogens with two attached hydrogens (primary N) is 2. The smallest absolute Gasteiger partial charge is 0.414 e. The van der Waals surface area contributed by atoms with Gasteiger partial charge < -0.3 is 16.2 Å². The van der Waals surface area contributed by atoms with Crippen molar-refractivity contribution in [3.05, 3.63) is 83.9 Å². The number of anilines is 1. The Labute approximate surface area is 207 Å². The Morgan fingerprint density at radius 3 is 2.58 bits per heavy atom. The highest BCUT2D eigenvalue weighted by molar-refractivity contribution is 5.92. The van der Waals surface area contributed by atoms with Gasteiger partial charge in [-0.2, -0.15) is 0 Å². The number of ether oxygens (including phenoxy) is 1. The second kappa shape index (κ2) is 10.6. The third kappa shape index (κ3) is 5.40. The number of primary amides is 1. The first kappa shape index (κ1) is 25.0. The second-order valence-corrected chi connectivity index (χ2v) is 8.53. The van der Waals surface area contributed by atoms with Crippen LogP contribution in [0.3, 0.4) is 0 Å². The first-order valence-electron chi connectivity index (χ1n) is 11.3. The van der Waals surface area contributed by atoms with E-state index in [2.05, 4.69) is 10.3 Å². The zero-order valence-corrected chi connectivity index (χ0v) is 19.6. The molecule has 0 bridgehead atoms. The standard InChI is InChI=1S/C26H26FN5O4/c1-15(33)23(28)22-14-32(26(35)36-22)19-8-9-20(21(27)11-19)17-6-4-16(5-7-17)12-31-24(25(29)34)18-3-2-10-30-13-18/h2-11,13,22-24,31H,12,14,28H2,1H3,(H2,29,34)/t22?,23-,24?/m1/s1. The number of pyridine rings is 1. The number of carbonyl (C=O) groups excluding carboxylic acids is 3. The fourth-order valence-electron chi connectivity index (χ4n) is 4.00. The molecule has 5 N–H and O–H groups in total. The Morgan fingerprint density at radius 2 is 1.97 bits per heavy atom. The van der Waals surface area contributed by atoms with Gasteiger partial charge in [0, 0.05) is 24.5 Å². The lowest BCUT2D eigenvalue weighted by Crippen LogP contribution is -2.43. The quantitative estimate of drug-likeness (QED) is 0.418. The van der Waals surface area contributed by atoms with E-state index in [0.29, 0.717) is 28.9 Å². The number of cyclic esters (lactones) is 1. The monoisotopic (exact) mass is 491 g/mol. The van der Waals surface area contributed by atoms with Crippen molar-refractivity contribution in [2.75, 3.05) is 11.4 Å². The van der Waals surface area contributed by atoms with Gasteiger partial charge in [-0.1, -0.05) is 30.3 Å². The van der Waals surface area contributed by atoms with Gasteiger partial charge in [-0.05, 0) is 47.9 Å². The van der Waals surface area contributed by atoms with Crippen molar-refractivity contribution >= 4 is 23.5 Å². The third-order valence-electron chi connectivity index (χ3n) is 6.05. The fourth-order valence-corrected chi connectivity index (χ4v) is 4.00. The molecule has 3 aromatic rings. The normalized spacial score (nSPS) is 16.9. The molecule has 1 aliphatic rings. The summed E-state index contributed by atoms with van der Waals surface area (Å²) in [5.41, 5.74) is 14.2. The minimum absolute atomic E-state index is 0.0609. The van der Waals surface area contributed by atoms with E-state index < -0.39 is 36.0 Å². The maximum atomic E-state index is 15.0. The predicted molar refractivity (Wildman–Crippen MR) is 131 cm³/mol. The van der Waals surface area contributed by atoms with E-state index in [0.717, 1.165) is 5.56 Å². The number of hydrogen-bond acceptors (Lipinski definition) is 7. The first-order chi connectivity index (χ1) is 17.2. The van der Waals surface area contributed by atoms with Gasteiger partial charge in [0.15, 0.2) is 0 Å². The third-order valence-corrected chi connectivity index (χ3v) is 6.05. The molecule has 3 atom stereocenters. The molecular formula is C26H26FN5O4. The van der Waals surface area contributed by atoms with Crippen molar-refractivity contribution in [1.29, 1.82) is 0 Å². The Hall–Kier alpha value is -4.15. The number of Topliss-reactive ketones (excluding diaryl/α,β-unsaturated/α-hetero) is 1. The molecule has 1 aliphatic heterocycles. The zero-order chi connectivity index (χ0) is 25.8. The Kier molecular flexibility index (Phi) is 7.37. The predicted octanol–water partition coefficient (Wildman–Crippen LogP) is 2.45. The summed E-state index contributed by atoms with van der Waals surface area (Å²) in [6, 6.07) is 13.5. The van der Waals surface area contributed by atoms with Crippen molar-refractivity contribution in [2.24, 2.45) is 11.5 Å². The van der Waals surface area contributed by atoms with Gasteiger partial charge in [0.25, 0.3) is 0 Å². The molecule has 10 heteroatoms. The number of hydrogen-bond donors (Lipinski definition) is 3. The molecule has 2 aromatic carbocycles. The molecule has 0 spiro atoms. The van der Waals surface area contributed by atoms with Gasteiger partial charge in [0.2, 0.25) is 5.91 Å². The van der Waals surface area contributed by atoms with Crippen LogP contribution in [0.25, 0.3) is 11.1 Å². The minimum Gasteiger partial charge on any atom is -0.442 e. The van der Waals surface area contributed by atoms with E-state index in [-0.39, 0.29) is 12.3 Å². The van der Waals surface area contributed by atoms with Crippen molar-refractivity contribution in [1.82, 2.24) is 10.3 Å². The van der Waals surface area contributed by atoms with Crippen molar-refractivity contribution in [3.63, 3.8) is 0 Å². The fraction of sp³-hybridized carbons (Fsp3) is 0.231. The van der Waals surface area contributed by atoms with Gasteiger partial charge in [-0.3, -0.25) is 24.8 Å². The summed E-state index contributed by atoms with van der Waals surface area (Å²) in [5, 5.41) is 3.12. The molecule has 2 heterocycles. The van der Waals surface area contributed by atoms with E-state index >= 15 is 4.39 Å². The summed E-state index contributed by atoms with van der Waals surface area (Å²) in [6.45, 7) is 1.75. The summed E-state index contributed by atoms with van der Waals surface area (Å²) >= 11 is 0. The second-order valence-electron chi connectivity index (χ2n) is 8.53. The average molecular weight is 492 g/mol. The van der Waals surface area contributed by atoms with Crippen molar-refractivity contribution in [2.45, 2.75) is 31.7 Å². The SMILES string of the molecule is CC(=O)[C@@H](N)C1CN(c2ccc(-c3ccc(CNC(C(N)=O)c4cccnc4)cc3)c(F)c2)C(=O)O1. The number of nitrogens with zero attached hydrogens (tertiary/aromatic N) is 2. The minimum atomic E-state index is -0.932. The molecule has 1 aromatic heterocycles. The summed E-state index contributed by atoms with van der Waals surface area (Å²) in [4.78, 5) is 40.9. The zero-order valence-electron chi connectivity index (χ0n) is 19.6. The number of carbonyl (C=O) groups is 3. The molecular weight excluding hydrogens is 465 g/mol. The number of amides is 2. The van der Waals surface area contributed by atoms with Crippen LogP contribution in [-0.4, -0.2) is 41.5 Å². The van der Waals surface area contributed by atoms with Gasteiger partial charge in [0.05, 0.1) is 12.2 Å². The van der Waals surface area contributed by atoms with Crippen LogP contribution in [0.5, 0.6) is 0 Å². The number of halogens is 1. The Bertz CT molecular complexity index is 1270. The first-order valence-corrected chi connectivity index (χ1v) is 11.3. The molecule has 186 valence electrons. The number of nitrogens with one attached hydrogen (secondary N) is 1. The van der Waals surface area contributed by atoms with E-state index in [9.17, 15) is 14.4 Å². The van der Waals surface area contributed by atoms with Crippen LogP contribution in [0.2, 0.25) is 0 Å². The molecule has 9 nitrogen and oxygen atoms in total. The maximum absolute atomic E-state index is 15.0. The van der Waals surface area contributed by atoms with Gasteiger partial charge in [0.1, 0.15) is 29.8 Å². The highest BCUT2D eigenvalue weighted by atomic mass is 19.1. The number of benzene rings is 2. The van der Waals surface area contributed by atoms with E-state index in [1.807, 2.05) is 12.1 Å². The average Bonchev–Trinajstić information content (AvgIpc) is 3.26. The van der Waals surface area contributed by atoms with Gasteiger partial charge >= 0.3 is 6.09 Å². The summed E-state index contributed by atoms with van der Waals surface area (Å²) in [6.07, 6.45) is 1.73. The maximum Gasteiger partial charge on any atom is 0.414 e. The van der Waals surface area contributed by atoms with E-state index in [1.54, 1.807) is 48.8 Å². The van der Waals surface area contributed by atoms with Crippen molar-refractivity contribution in [3.8, 4) is 11.1 Å². The lowest BCUT2D eigenvalue weighted by atomic mass is 10.0. The molecule has 0 aliphatic carbocycles. The van der Waals surface area contributed by atoms with Crippen LogP contribution in [0, 0.1) is 5.82 Å². The number of ketones is 1. The highest BCUT2D eigenvalue weighted by Gasteiger charge is 2.37. The lowest BCUT2D eigenvalue weighted by molar-refractivity contribution is -0.121. The van der Waals surface area contributed by atoms with Gasteiger partial charge in [-0.15, -0.1) is 0 Å². The molecule has 36 heavy (non-hydrogen) atoms. The lowest BCUT2D eigenvalue weighted by Gasteiger charge is -2.16. The van der Waals surface area contributed by atoms with Crippen LogP contribution >= 0.6 is 0 Å². The molecule has 2 amide bonds. The summed E-state index contributed by atoms with van der Waals surface area (Å²) < 4.78 is 20.2. The highest BCUT2D eigenvalue weighted by Crippen LogP contribution is 2.30. The summed E-state index contributed by atoms with van der Waals surface area (Å²) in [7, 11) is 0. The van der Waals surface area contributed by atoms with Crippen LogP contribution in [-0.2, 0) is 20.9 Å². The molecule has 1 saturated heterocycles. The van der Waals surface area contributed by atoms with E-state index in [4.69, 9.17) is 16.2 Å². The largest absolute Gasteiger partial charge is 0.442 e. The topological polar surface area (TPSA) is 141 Å². The summed E-state index contributed by atoms with van der Waals surface area (Å²) in [5.74, 6) is -1.33. The Morgan fingerprint density at radius 1 is 1.22 bits per heavy atom.